The molecule has 0 aliphatic rings. The van der Waals surface area contributed by atoms with Gasteiger partial charge in [-0.15, -0.1) is 11.3 Å². The summed E-state index contributed by atoms with van der Waals surface area (Å²) in [7, 11) is 3.22. The van der Waals surface area contributed by atoms with Crippen molar-refractivity contribution >= 4 is 22.2 Å². The highest BCUT2D eigenvalue weighted by molar-refractivity contribution is 7.09. The monoisotopic (exact) mass is 331 g/mol. The lowest BCUT2D eigenvalue weighted by Gasteiger charge is -2.05. The lowest BCUT2D eigenvalue weighted by molar-refractivity contribution is 0.119. The Kier molecular flexibility index (Phi) is 4.40. The van der Waals surface area contributed by atoms with Crippen LogP contribution in [0.3, 0.4) is 0 Å². The number of H-pyrrole nitrogens is 1. The van der Waals surface area contributed by atoms with Crippen molar-refractivity contribution in [3.8, 4) is 5.75 Å². The predicted molar refractivity (Wildman–Crippen MR) is 89.3 cm³/mol. The number of methoxy groups -OCH3 is 2. The number of hydrogen-bond donors (Lipinski definition) is 1. The van der Waals surface area contributed by atoms with Crippen LogP contribution in [0, 0.1) is 0 Å². The Morgan fingerprint density at radius 3 is 2.87 bits per heavy atom. The van der Waals surface area contributed by atoms with Gasteiger partial charge in [-0.3, -0.25) is 4.79 Å². The van der Waals surface area contributed by atoms with Crippen molar-refractivity contribution < 1.29 is 9.47 Å². The Hall–Kier alpha value is -2.25. The third kappa shape index (κ3) is 3.25. The topological polar surface area (TPSA) is 77.1 Å². The number of nitrogens with zero attached hydrogens (tertiary/aromatic N) is 2. The summed E-state index contributed by atoms with van der Waals surface area (Å²) in [5.41, 5.74) is 1.33. The number of aromatic nitrogens is 3. The fourth-order valence-electron chi connectivity index (χ4n) is 2.24. The number of benzene rings is 1. The molecule has 0 amide bonds. The molecule has 7 heteroatoms. The zero-order valence-corrected chi connectivity index (χ0v) is 13.9. The molecule has 0 radical (unpaired) electrons. The van der Waals surface area contributed by atoms with E-state index >= 15 is 0 Å². The van der Waals surface area contributed by atoms with Crippen LogP contribution in [0.15, 0.2) is 28.4 Å². The average Bonchev–Trinajstić information content (AvgIpc) is 3.02. The second kappa shape index (κ2) is 6.47. The van der Waals surface area contributed by atoms with Crippen LogP contribution in [0.5, 0.6) is 5.75 Å². The Balaban J connectivity index is 1.91. The first-order chi connectivity index (χ1) is 11.1. The van der Waals surface area contributed by atoms with E-state index in [1.165, 1.54) is 0 Å². The SMILES string of the molecule is COc1ccc2nc(Cc3csc(C(C)OC)n3)[nH]c(=O)c2c1. The first-order valence-corrected chi connectivity index (χ1v) is 8.02. The number of ether oxygens (including phenoxy) is 2. The molecule has 0 aliphatic carbocycles. The van der Waals surface area contributed by atoms with Gasteiger partial charge in [0.1, 0.15) is 22.7 Å². The van der Waals surface area contributed by atoms with E-state index in [9.17, 15) is 4.79 Å². The molecule has 1 aromatic carbocycles. The van der Waals surface area contributed by atoms with Gasteiger partial charge in [0.2, 0.25) is 0 Å². The standard InChI is InChI=1S/C16H17N3O3S/c1-9(21-2)16-17-10(8-23-16)6-14-18-13-5-4-11(22-3)7-12(13)15(20)19-14/h4-5,7-9H,6H2,1-3H3,(H,18,19,20). The number of aromatic amines is 1. The quantitative estimate of drug-likeness (QED) is 0.778. The molecule has 0 saturated heterocycles. The number of thiazole rings is 1. The molecular weight excluding hydrogens is 314 g/mol. The van der Waals surface area contributed by atoms with Crippen molar-refractivity contribution in [2.24, 2.45) is 0 Å². The molecule has 0 saturated carbocycles. The second-order valence-corrected chi connectivity index (χ2v) is 6.02. The van der Waals surface area contributed by atoms with Gasteiger partial charge in [-0.1, -0.05) is 0 Å². The van der Waals surface area contributed by atoms with Gasteiger partial charge in [0.05, 0.1) is 23.7 Å². The summed E-state index contributed by atoms with van der Waals surface area (Å²) in [6.45, 7) is 1.95. The summed E-state index contributed by atoms with van der Waals surface area (Å²) in [5.74, 6) is 1.23. The highest BCUT2D eigenvalue weighted by Gasteiger charge is 2.11. The predicted octanol–water partition coefficient (Wildman–Crippen LogP) is 2.69. The minimum atomic E-state index is -0.176. The van der Waals surface area contributed by atoms with E-state index in [1.807, 2.05) is 12.3 Å². The van der Waals surface area contributed by atoms with Gasteiger partial charge in [0.25, 0.3) is 5.56 Å². The summed E-state index contributed by atoms with van der Waals surface area (Å²) in [6.07, 6.45) is 0.439. The number of hydrogen-bond acceptors (Lipinski definition) is 6. The molecule has 1 unspecified atom stereocenters. The third-order valence-corrected chi connectivity index (χ3v) is 4.64. The van der Waals surface area contributed by atoms with Crippen molar-refractivity contribution in [1.82, 2.24) is 15.0 Å². The molecule has 0 fully saturated rings. The highest BCUT2D eigenvalue weighted by atomic mass is 32.1. The lowest BCUT2D eigenvalue weighted by atomic mass is 10.2. The molecule has 1 N–H and O–H groups in total. The van der Waals surface area contributed by atoms with Gasteiger partial charge in [-0.05, 0) is 25.1 Å². The smallest absolute Gasteiger partial charge is 0.258 e. The third-order valence-electron chi connectivity index (χ3n) is 3.58. The van der Waals surface area contributed by atoms with Crippen LogP contribution in [0.2, 0.25) is 0 Å². The van der Waals surface area contributed by atoms with Gasteiger partial charge >= 0.3 is 0 Å². The van der Waals surface area contributed by atoms with E-state index in [2.05, 4.69) is 15.0 Å². The van der Waals surface area contributed by atoms with E-state index in [0.29, 0.717) is 28.9 Å². The van der Waals surface area contributed by atoms with Crippen molar-refractivity contribution in [2.75, 3.05) is 14.2 Å². The van der Waals surface area contributed by atoms with Crippen LogP contribution >= 0.6 is 11.3 Å². The average molecular weight is 331 g/mol. The molecule has 3 aromatic rings. The minimum Gasteiger partial charge on any atom is -0.497 e. The maximum Gasteiger partial charge on any atom is 0.258 e. The van der Waals surface area contributed by atoms with Crippen LogP contribution in [-0.4, -0.2) is 29.2 Å². The molecule has 2 aromatic heterocycles. The van der Waals surface area contributed by atoms with E-state index < -0.39 is 0 Å². The summed E-state index contributed by atoms with van der Waals surface area (Å²) < 4.78 is 10.4. The fourth-order valence-corrected chi connectivity index (χ4v) is 3.09. The van der Waals surface area contributed by atoms with Gasteiger partial charge in [0, 0.05) is 18.9 Å². The number of fused-ring (bicyclic) bond motifs is 1. The van der Waals surface area contributed by atoms with Gasteiger partial charge in [-0.25, -0.2) is 9.97 Å². The van der Waals surface area contributed by atoms with E-state index in [4.69, 9.17) is 9.47 Å². The molecule has 6 nitrogen and oxygen atoms in total. The van der Waals surface area contributed by atoms with Crippen molar-refractivity contribution in [1.29, 1.82) is 0 Å². The summed E-state index contributed by atoms with van der Waals surface area (Å²) in [6, 6.07) is 5.26. The molecule has 120 valence electrons. The molecule has 0 spiro atoms. The molecule has 0 bridgehead atoms. The van der Waals surface area contributed by atoms with Gasteiger partial charge < -0.3 is 14.5 Å². The Labute approximate surface area is 137 Å². The first kappa shape index (κ1) is 15.6. The minimum absolute atomic E-state index is 0.0372. The summed E-state index contributed by atoms with van der Waals surface area (Å²) >= 11 is 1.54. The number of rotatable bonds is 5. The van der Waals surface area contributed by atoms with Crippen LogP contribution in [-0.2, 0) is 11.2 Å². The molecule has 1 atom stereocenters. The highest BCUT2D eigenvalue weighted by Crippen LogP contribution is 2.21. The van der Waals surface area contributed by atoms with E-state index in [1.54, 1.807) is 43.8 Å². The normalized spacial score (nSPS) is 12.5. The maximum absolute atomic E-state index is 12.2. The van der Waals surface area contributed by atoms with Gasteiger partial charge in [0.15, 0.2) is 0 Å². The van der Waals surface area contributed by atoms with Crippen molar-refractivity contribution in [3.63, 3.8) is 0 Å². The molecule has 0 aliphatic heterocycles. The van der Waals surface area contributed by atoms with Crippen LogP contribution in [0.25, 0.3) is 10.9 Å². The zero-order chi connectivity index (χ0) is 16.4. The Morgan fingerprint density at radius 2 is 2.13 bits per heavy atom. The van der Waals surface area contributed by atoms with Crippen molar-refractivity contribution in [2.45, 2.75) is 19.4 Å². The largest absolute Gasteiger partial charge is 0.497 e. The Bertz CT molecular complexity index is 888. The summed E-state index contributed by atoms with van der Waals surface area (Å²) in [5, 5.41) is 3.39. The van der Waals surface area contributed by atoms with Crippen LogP contribution < -0.4 is 10.3 Å². The van der Waals surface area contributed by atoms with Crippen molar-refractivity contribution in [3.05, 3.63) is 50.5 Å². The molecule has 2 heterocycles. The van der Waals surface area contributed by atoms with Gasteiger partial charge in [-0.2, -0.15) is 0 Å². The summed E-state index contributed by atoms with van der Waals surface area (Å²) in [4.78, 5) is 24.1. The van der Waals surface area contributed by atoms with E-state index in [0.717, 1.165) is 10.7 Å². The number of nitrogens with one attached hydrogen (secondary N) is 1. The zero-order valence-electron chi connectivity index (χ0n) is 13.1. The van der Waals surface area contributed by atoms with E-state index in [-0.39, 0.29) is 11.7 Å². The first-order valence-electron chi connectivity index (χ1n) is 7.14. The Morgan fingerprint density at radius 1 is 1.30 bits per heavy atom. The lowest BCUT2D eigenvalue weighted by Crippen LogP contribution is -2.12. The maximum atomic E-state index is 12.2. The molecule has 3 rings (SSSR count). The fraction of sp³-hybridized carbons (Fsp3) is 0.312. The van der Waals surface area contributed by atoms with Crippen LogP contribution in [0.4, 0.5) is 0 Å². The van der Waals surface area contributed by atoms with Crippen LogP contribution in [0.1, 0.15) is 29.6 Å². The molecule has 23 heavy (non-hydrogen) atoms. The molecular formula is C16H17N3O3S. The second-order valence-electron chi connectivity index (χ2n) is 5.13.